The number of aliphatic hydroxyl groups is 1. The Morgan fingerprint density at radius 1 is 1.05 bits per heavy atom. The third-order valence-corrected chi connectivity index (χ3v) is 6.37. The van der Waals surface area contributed by atoms with Crippen LogP contribution in [0.3, 0.4) is 0 Å². The van der Waals surface area contributed by atoms with Gasteiger partial charge in [-0.25, -0.2) is 9.78 Å². The number of esters is 1. The molecule has 0 aliphatic rings. The van der Waals surface area contributed by atoms with Crippen molar-refractivity contribution < 1.29 is 24.2 Å². The fraction of sp³-hybridized carbons (Fsp3) is 0.300. The van der Waals surface area contributed by atoms with Crippen molar-refractivity contribution in [1.29, 1.82) is 0 Å². The zero-order valence-electron chi connectivity index (χ0n) is 22.2. The Kier molecular flexibility index (Phi) is 9.22. The standard InChI is InChI=1S/C30H32ClN3O5/c1-4-38-30(37)22-9-11-25-26(17-22)34-28(33-25)20-7-5-19(6-8-20)15-23(13-14-35)32-29(36)21-10-12-27(24(31)16-21)39-18(2)3/h5-12,16-18,23,35H,4,13-15H2,1-3H3,(H,32,36)(H,33,34)/t23-/m1/s1. The lowest BCUT2D eigenvalue weighted by Crippen LogP contribution is -2.37. The van der Waals surface area contributed by atoms with E-state index < -0.39 is 0 Å². The summed E-state index contributed by atoms with van der Waals surface area (Å²) in [5, 5.41) is 12.9. The zero-order chi connectivity index (χ0) is 27.9. The summed E-state index contributed by atoms with van der Waals surface area (Å²) in [6.07, 6.45) is 0.915. The summed E-state index contributed by atoms with van der Waals surface area (Å²) in [5.41, 5.74) is 4.26. The third-order valence-electron chi connectivity index (χ3n) is 6.07. The molecule has 3 N–H and O–H groups in total. The van der Waals surface area contributed by atoms with E-state index >= 15 is 0 Å². The largest absolute Gasteiger partial charge is 0.489 e. The molecule has 39 heavy (non-hydrogen) atoms. The minimum absolute atomic E-state index is 0.0291. The van der Waals surface area contributed by atoms with Gasteiger partial charge in [-0.2, -0.15) is 0 Å². The van der Waals surface area contributed by atoms with Crippen molar-refractivity contribution in [2.45, 2.75) is 45.8 Å². The van der Waals surface area contributed by atoms with Crippen molar-refractivity contribution in [3.05, 3.63) is 82.4 Å². The van der Waals surface area contributed by atoms with Crippen LogP contribution >= 0.6 is 11.6 Å². The third kappa shape index (κ3) is 7.16. The van der Waals surface area contributed by atoms with Gasteiger partial charge in [0.05, 0.1) is 34.3 Å². The first-order valence-electron chi connectivity index (χ1n) is 12.9. The predicted molar refractivity (Wildman–Crippen MR) is 151 cm³/mol. The number of carbonyl (C=O) groups excluding carboxylic acids is 2. The van der Waals surface area contributed by atoms with Crippen molar-refractivity contribution >= 4 is 34.5 Å². The summed E-state index contributed by atoms with van der Waals surface area (Å²) in [4.78, 5) is 32.8. The van der Waals surface area contributed by atoms with Gasteiger partial charge in [0.25, 0.3) is 5.91 Å². The Bertz CT molecular complexity index is 1450. The zero-order valence-corrected chi connectivity index (χ0v) is 22.9. The number of nitrogens with one attached hydrogen (secondary N) is 2. The number of imidazole rings is 1. The average molecular weight is 550 g/mol. The van der Waals surface area contributed by atoms with E-state index in [2.05, 4.69) is 15.3 Å². The molecule has 9 heteroatoms. The van der Waals surface area contributed by atoms with Crippen LogP contribution in [0, 0.1) is 0 Å². The molecule has 0 saturated heterocycles. The molecule has 204 valence electrons. The number of hydrogen-bond acceptors (Lipinski definition) is 6. The van der Waals surface area contributed by atoms with Gasteiger partial charge in [-0.3, -0.25) is 4.79 Å². The van der Waals surface area contributed by atoms with Gasteiger partial charge in [-0.1, -0.05) is 35.9 Å². The molecule has 0 unspecified atom stereocenters. The maximum atomic E-state index is 12.9. The number of carbonyl (C=O) groups is 2. The molecule has 0 aliphatic carbocycles. The first-order chi connectivity index (χ1) is 18.8. The number of nitrogens with zero attached hydrogens (tertiary/aromatic N) is 1. The summed E-state index contributed by atoms with van der Waals surface area (Å²) >= 11 is 6.30. The van der Waals surface area contributed by atoms with E-state index in [0.717, 1.165) is 22.2 Å². The highest BCUT2D eigenvalue weighted by Crippen LogP contribution is 2.27. The summed E-state index contributed by atoms with van der Waals surface area (Å²) in [6, 6.07) is 17.7. The number of halogens is 1. The van der Waals surface area contributed by atoms with Crippen molar-refractivity contribution in [2.75, 3.05) is 13.2 Å². The summed E-state index contributed by atoms with van der Waals surface area (Å²) in [6.45, 7) is 5.84. The molecule has 4 aromatic rings. The number of ether oxygens (including phenoxy) is 2. The van der Waals surface area contributed by atoms with E-state index in [4.69, 9.17) is 21.1 Å². The first-order valence-corrected chi connectivity index (χ1v) is 13.3. The lowest BCUT2D eigenvalue weighted by atomic mass is 10.0. The molecule has 1 amide bonds. The maximum absolute atomic E-state index is 12.9. The van der Waals surface area contributed by atoms with Crippen LogP contribution in [0.2, 0.25) is 5.02 Å². The van der Waals surface area contributed by atoms with Gasteiger partial charge in [0.15, 0.2) is 0 Å². The van der Waals surface area contributed by atoms with Crippen LogP contribution in [-0.2, 0) is 11.2 Å². The van der Waals surface area contributed by atoms with Gasteiger partial charge in [0, 0.05) is 23.8 Å². The molecular weight excluding hydrogens is 518 g/mol. The van der Waals surface area contributed by atoms with Gasteiger partial charge < -0.3 is 24.9 Å². The van der Waals surface area contributed by atoms with Crippen molar-refractivity contribution in [2.24, 2.45) is 0 Å². The molecule has 4 rings (SSSR count). The average Bonchev–Trinajstić information content (AvgIpc) is 3.34. The van der Waals surface area contributed by atoms with Crippen LogP contribution in [0.4, 0.5) is 0 Å². The second-order valence-electron chi connectivity index (χ2n) is 9.43. The Morgan fingerprint density at radius 3 is 2.46 bits per heavy atom. The summed E-state index contributed by atoms with van der Waals surface area (Å²) in [7, 11) is 0. The fourth-order valence-electron chi connectivity index (χ4n) is 4.21. The quantitative estimate of drug-likeness (QED) is 0.211. The molecule has 8 nitrogen and oxygen atoms in total. The topological polar surface area (TPSA) is 114 Å². The lowest BCUT2D eigenvalue weighted by molar-refractivity contribution is 0.0526. The Morgan fingerprint density at radius 2 is 1.79 bits per heavy atom. The highest BCUT2D eigenvalue weighted by atomic mass is 35.5. The molecule has 0 bridgehead atoms. The van der Waals surface area contributed by atoms with Gasteiger partial charge in [-0.05, 0) is 75.6 Å². The molecule has 0 spiro atoms. The molecule has 0 fully saturated rings. The second kappa shape index (κ2) is 12.8. The Balaban J connectivity index is 1.44. The van der Waals surface area contributed by atoms with E-state index in [1.807, 2.05) is 38.1 Å². The highest BCUT2D eigenvalue weighted by molar-refractivity contribution is 6.32. The first kappa shape index (κ1) is 28.1. The summed E-state index contributed by atoms with van der Waals surface area (Å²) < 4.78 is 10.7. The van der Waals surface area contributed by atoms with Crippen LogP contribution in [0.25, 0.3) is 22.4 Å². The number of amides is 1. The van der Waals surface area contributed by atoms with Crippen LogP contribution in [0.5, 0.6) is 5.75 Å². The molecule has 0 aliphatic heterocycles. The molecule has 1 aromatic heterocycles. The smallest absolute Gasteiger partial charge is 0.338 e. The van der Waals surface area contributed by atoms with E-state index in [1.165, 1.54) is 0 Å². The number of rotatable bonds is 11. The number of aliphatic hydroxyl groups excluding tert-OH is 1. The minimum Gasteiger partial charge on any atom is -0.489 e. The van der Waals surface area contributed by atoms with E-state index in [-0.39, 0.29) is 30.6 Å². The van der Waals surface area contributed by atoms with Crippen LogP contribution in [-0.4, -0.2) is 52.3 Å². The van der Waals surface area contributed by atoms with Crippen molar-refractivity contribution in [1.82, 2.24) is 15.3 Å². The molecule has 1 heterocycles. The van der Waals surface area contributed by atoms with E-state index in [0.29, 0.717) is 47.2 Å². The number of aromatic amines is 1. The van der Waals surface area contributed by atoms with Gasteiger partial charge in [-0.15, -0.1) is 0 Å². The molecule has 0 radical (unpaired) electrons. The molecule has 1 atom stereocenters. The maximum Gasteiger partial charge on any atom is 0.338 e. The normalized spacial score (nSPS) is 11.9. The number of aromatic nitrogens is 2. The monoisotopic (exact) mass is 549 g/mol. The van der Waals surface area contributed by atoms with E-state index in [9.17, 15) is 14.7 Å². The summed E-state index contributed by atoms with van der Waals surface area (Å²) in [5.74, 6) is 0.566. The number of fused-ring (bicyclic) bond motifs is 1. The number of benzene rings is 3. The van der Waals surface area contributed by atoms with Gasteiger partial charge in [0.2, 0.25) is 0 Å². The highest BCUT2D eigenvalue weighted by Gasteiger charge is 2.17. The SMILES string of the molecule is CCOC(=O)c1ccc2nc(-c3ccc(C[C@@H](CCO)NC(=O)c4ccc(OC(C)C)c(Cl)c4)cc3)[nH]c2c1. The minimum atomic E-state index is -0.371. The van der Waals surface area contributed by atoms with E-state index in [1.54, 1.807) is 43.3 Å². The van der Waals surface area contributed by atoms with Gasteiger partial charge >= 0.3 is 5.97 Å². The predicted octanol–water partition coefficient (Wildman–Crippen LogP) is 5.57. The lowest BCUT2D eigenvalue weighted by Gasteiger charge is -2.19. The van der Waals surface area contributed by atoms with Gasteiger partial charge in [0.1, 0.15) is 11.6 Å². The second-order valence-corrected chi connectivity index (χ2v) is 9.84. The Hall–Kier alpha value is -3.88. The number of H-pyrrole nitrogens is 1. The van der Waals surface area contributed by atoms with Crippen LogP contribution < -0.4 is 10.1 Å². The molecule has 0 saturated carbocycles. The fourth-order valence-corrected chi connectivity index (χ4v) is 4.44. The van der Waals surface area contributed by atoms with Crippen molar-refractivity contribution in [3.63, 3.8) is 0 Å². The Labute approximate surface area is 232 Å². The molecular formula is C30H32ClN3O5. The molecule has 3 aromatic carbocycles. The number of hydrogen-bond donors (Lipinski definition) is 3. The van der Waals surface area contributed by atoms with Crippen LogP contribution in [0.1, 0.15) is 53.5 Å². The van der Waals surface area contributed by atoms with Crippen molar-refractivity contribution in [3.8, 4) is 17.1 Å². The van der Waals surface area contributed by atoms with Crippen LogP contribution in [0.15, 0.2) is 60.7 Å².